The first kappa shape index (κ1) is 16.1. The minimum absolute atomic E-state index is 0.0295. The monoisotopic (exact) mass is 778 g/mol. The summed E-state index contributed by atoms with van der Waals surface area (Å²) in [6, 6.07) is -9.52. The van der Waals surface area contributed by atoms with Gasteiger partial charge in [-0.15, -0.1) is 0 Å². The summed E-state index contributed by atoms with van der Waals surface area (Å²) in [4.78, 5) is 0.981. The predicted molar refractivity (Wildman–Crippen MR) is 242 cm³/mol. The molecule has 0 N–H and O–H groups in total. The van der Waals surface area contributed by atoms with Gasteiger partial charge in [-0.3, -0.25) is 0 Å². The maximum Gasteiger partial charge on any atom is 0.135 e. The van der Waals surface area contributed by atoms with Gasteiger partial charge in [0.05, 0.1) is 42.4 Å². The fraction of sp³-hybridized carbons (Fsp3) is 0.0526. The maximum absolute atomic E-state index is 10.2. The number of fused-ring (bicyclic) bond motifs is 16. The normalized spacial score (nSPS) is 22.5. The zero-order chi connectivity index (χ0) is 62.4. The molecule has 1 heterocycles. The van der Waals surface area contributed by atoms with Gasteiger partial charge in [0.1, 0.15) is 11.2 Å². The van der Waals surface area contributed by atoms with E-state index in [4.69, 9.17) is 23.6 Å². The van der Waals surface area contributed by atoms with Crippen molar-refractivity contribution in [1.82, 2.24) is 0 Å². The van der Waals surface area contributed by atoms with Gasteiger partial charge in [0.2, 0.25) is 0 Å². The molecule has 3 aliphatic carbocycles. The van der Waals surface area contributed by atoms with E-state index in [1.165, 1.54) is 37.3 Å². The fourth-order valence-electron chi connectivity index (χ4n) is 9.20. The highest BCUT2D eigenvalue weighted by Gasteiger charge is 2.51. The van der Waals surface area contributed by atoms with Crippen LogP contribution in [-0.4, -0.2) is 0 Å². The molecule has 276 valence electrons. The Bertz CT molecular complexity index is 4860. The molecule has 0 saturated heterocycles. The first-order valence-corrected chi connectivity index (χ1v) is 18.4. The number of nitrogens with zero attached hydrogens (tertiary/aromatic N) is 1. The average molecular weight is 779 g/mol. The lowest BCUT2D eigenvalue weighted by Gasteiger charge is -2.32. The summed E-state index contributed by atoms with van der Waals surface area (Å²) in [7, 11) is 0. The summed E-state index contributed by atoms with van der Waals surface area (Å²) < 4.78 is 254. The van der Waals surface area contributed by atoms with E-state index in [0.29, 0.717) is 0 Å². The first-order valence-electron chi connectivity index (χ1n) is 31.9. The molecule has 1 spiro atoms. The van der Waals surface area contributed by atoms with Crippen LogP contribution < -0.4 is 4.90 Å². The van der Waals surface area contributed by atoms with Gasteiger partial charge in [-0.1, -0.05) is 157 Å². The molecule has 1 unspecified atom stereocenters. The number of benzene rings is 9. The second-order valence-electron chi connectivity index (χ2n) is 14.5. The van der Waals surface area contributed by atoms with E-state index in [9.17, 15) is 17.8 Å². The molecule has 0 radical (unpaired) electrons. The number of para-hydroxylation sites is 1. The molecule has 59 heavy (non-hydrogen) atoms. The lowest BCUT2D eigenvalue weighted by molar-refractivity contribution is 0.662. The molecule has 0 fully saturated rings. The van der Waals surface area contributed by atoms with E-state index in [1.807, 2.05) is 0 Å². The summed E-state index contributed by atoms with van der Waals surface area (Å²) in [6.45, 7) is 1.38. The van der Waals surface area contributed by atoms with Crippen LogP contribution in [0.15, 0.2) is 210 Å². The van der Waals surface area contributed by atoms with Gasteiger partial charge in [0.15, 0.2) is 0 Å². The second kappa shape index (κ2) is 11.8. The van der Waals surface area contributed by atoms with Crippen LogP contribution in [0, 0.1) is 0 Å². The van der Waals surface area contributed by atoms with E-state index in [2.05, 4.69) is 0 Å². The number of furan rings is 1. The third-order valence-corrected chi connectivity index (χ3v) is 11.7. The maximum atomic E-state index is 10.2. The molecule has 0 saturated carbocycles. The number of hydrogen-bond acceptors (Lipinski definition) is 2. The highest BCUT2D eigenvalue weighted by Crippen LogP contribution is 2.63. The minimum atomic E-state index is -2.16. The van der Waals surface area contributed by atoms with Gasteiger partial charge in [0.25, 0.3) is 0 Å². The Balaban J connectivity index is 1.15. The van der Waals surface area contributed by atoms with Crippen LogP contribution in [0.2, 0.25) is 0 Å². The first-order chi connectivity index (χ1) is 40.3. The van der Waals surface area contributed by atoms with Crippen LogP contribution in [0.25, 0.3) is 55.3 Å². The van der Waals surface area contributed by atoms with Gasteiger partial charge < -0.3 is 9.32 Å². The zero-order valence-electron chi connectivity index (χ0n) is 57.4. The summed E-state index contributed by atoms with van der Waals surface area (Å²) in [5, 5.41) is -0.744. The Hall–Kier alpha value is -7.42. The quantitative estimate of drug-likeness (QED) is 0.177. The zero-order valence-corrected chi connectivity index (χ0v) is 30.4. The molecule has 3 aliphatic rings. The topological polar surface area (TPSA) is 16.4 Å². The lowest BCUT2D eigenvalue weighted by atomic mass is 9.70. The van der Waals surface area contributed by atoms with Crippen LogP contribution >= 0.6 is 0 Å². The SMILES string of the molecule is [2H]c1cc(N(c2cc3c(c([2H])c2[2H])-c2c([2H])c([2H])c([2H])c([2H])c2C32c3ccc([2H])c([2H])c3-c3c2cc([2H])c([2H])c3[2H])c2c([2H])c([2H])c3oc4cc(C5(C)c6c([2H])c([2H])c([2H])c([2H])c6-c6c([2H])c([2H])c([2H])c([2H])c65)c([2H])c([2H])c4c3c2[2H])cc([2H])c1[2H]. The molecule has 10 aromatic rings. The molecule has 0 amide bonds. The largest absolute Gasteiger partial charge is 0.456 e. The molecule has 2 nitrogen and oxygen atoms in total. The molecule has 13 rings (SSSR count). The van der Waals surface area contributed by atoms with Crippen molar-refractivity contribution in [3.8, 4) is 33.4 Å². The molecule has 1 atom stereocenters. The number of rotatable bonds is 4. The molecular formula is C57H37NO. The third-order valence-electron chi connectivity index (χ3n) is 11.7. The van der Waals surface area contributed by atoms with Crippen molar-refractivity contribution < 1.29 is 41.4 Å². The van der Waals surface area contributed by atoms with Crippen molar-refractivity contribution >= 4 is 39.0 Å². The van der Waals surface area contributed by atoms with Crippen molar-refractivity contribution in [3.05, 3.63) is 245 Å². The smallest absolute Gasteiger partial charge is 0.135 e. The second-order valence-corrected chi connectivity index (χ2v) is 14.5. The van der Waals surface area contributed by atoms with Gasteiger partial charge in [-0.05, 0) is 128 Å². The molecular weight excluding hydrogens is 715 g/mol. The van der Waals surface area contributed by atoms with Gasteiger partial charge in [0, 0.05) is 33.2 Å². The van der Waals surface area contributed by atoms with Gasteiger partial charge in [-0.25, -0.2) is 0 Å². The van der Waals surface area contributed by atoms with E-state index >= 15 is 0 Å². The Labute approximate surface area is 381 Å². The van der Waals surface area contributed by atoms with Crippen LogP contribution in [0.3, 0.4) is 0 Å². The summed E-state index contributed by atoms with van der Waals surface area (Å²) >= 11 is 0. The number of anilines is 3. The molecule has 1 aromatic heterocycles. The predicted octanol–water partition coefficient (Wildman–Crippen LogP) is 14.7. The Morgan fingerprint density at radius 2 is 1.02 bits per heavy atom. The molecule has 2 heteroatoms. The highest BCUT2D eigenvalue weighted by atomic mass is 16.3. The lowest BCUT2D eigenvalue weighted by Crippen LogP contribution is -2.26. The molecule has 0 aliphatic heterocycles. The number of hydrogen-bond donors (Lipinski definition) is 0. The van der Waals surface area contributed by atoms with Crippen LogP contribution in [0.1, 0.15) is 82.9 Å². The average Bonchev–Trinajstić information content (AvgIpc) is 1.50. The van der Waals surface area contributed by atoms with Crippen molar-refractivity contribution in [1.29, 1.82) is 0 Å². The van der Waals surface area contributed by atoms with Gasteiger partial charge >= 0.3 is 0 Å². The van der Waals surface area contributed by atoms with Crippen molar-refractivity contribution in [2.75, 3.05) is 4.90 Å². The highest BCUT2D eigenvalue weighted by molar-refractivity contribution is 6.07. The summed E-state index contributed by atoms with van der Waals surface area (Å²) in [6.07, 6.45) is 0. The Kier molecular flexibility index (Phi) is 3.22. The Morgan fingerprint density at radius 1 is 0.424 bits per heavy atom. The van der Waals surface area contributed by atoms with Crippen molar-refractivity contribution in [2.45, 2.75) is 17.8 Å². The van der Waals surface area contributed by atoms with E-state index in [-0.39, 0.29) is 95.0 Å². The van der Waals surface area contributed by atoms with Crippen LogP contribution in [0.4, 0.5) is 17.1 Å². The van der Waals surface area contributed by atoms with E-state index in [1.54, 1.807) is 0 Å². The standard InChI is InChI=1S/C57H37NO/c1-56(48-22-10-5-17-40(48)41-18-6-11-23-49(41)56)36-27-30-46-47-34-38(29-32-54(47)59-55(46)33-36)58(37-15-3-2-4-16-37)39-28-31-45-44-21-9-14-26-52(44)57(53(45)35-39)50-24-12-7-19-42(50)43-20-8-13-25-51(43)57/h2-35H,1H3/i2D,3D,4D,5D,6D,7D,8D,9D,10D,11D,12D,14D,17D,18D,19D,20D,21D,22D,23D,26D,27D,28D,29D,30D,31D,32D,34D. The molecule has 0 bridgehead atoms. The van der Waals surface area contributed by atoms with Crippen LogP contribution in [0.5, 0.6) is 0 Å². The van der Waals surface area contributed by atoms with E-state index < -0.39 is 190 Å². The van der Waals surface area contributed by atoms with Gasteiger partial charge in [-0.2, -0.15) is 0 Å². The summed E-state index contributed by atoms with van der Waals surface area (Å²) in [5.74, 6) is 0. The molecule has 9 aromatic carbocycles. The minimum Gasteiger partial charge on any atom is -0.456 e. The van der Waals surface area contributed by atoms with Crippen LogP contribution in [-0.2, 0) is 10.8 Å². The van der Waals surface area contributed by atoms with E-state index in [0.717, 1.165) is 17.0 Å². The van der Waals surface area contributed by atoms with Crippen molar-refractivity contribution in [2.24, 2.45) is 0 Å². The summed E-state index contributed by atoms with van der Waals surface area (Å²) in [5.41, 5.74) is -9.00. The van der Waals surface area contributed by atoms with Crippen molar-refractivity contribution in [3.63, 3.8) is 0 Å². The Morgan fingerprint density at radius 3 is 1.78 bits per heavy atom. The fourth-order valence-corrected chi connectivity index (χ4v) is 9.20. The third kappa shape index (κ3) is 4.20.